The van der Waals surface area contributed by atoms with Crippen LogP contribution < -0.4 is 21.7 Å². The maximum atomic E-state index is 12.7. The van der Waals surface area contributed by atoms with Crippen molar-refractivity contribution in [2.45, 2.75) is 18.9 Å². The molecule has 0 bridgehead atoms. The van der Waals surface area contributed by atoms with E-state index in [4.69, 9.17) is 5.73 Å². The Morgan fingerprint density at radius 2 is 2.18 bits per heavy atom. The number of carbonyl (C=O) groups excluding carboxylic acids is 2. The number of aromatic nitrogens is 5. The molecule has 11 nitrogen and oxygen atoms in total. The summed E-state index contributed by atoms with van der Waals surface area (Å²) in [5, 5.41) is 17.8. The Balaban J connectivity index is 1.58. The fraction of sp³-hybridized carbons (Fsp3) is 0.353. The van der Waals surface area contributed by atoms with Gasteiger partial charge in [0.25, 0.3) is 11.8 Å². The topological polar surface area (TPSA) is 144 Å². The zero-order chi connectivity index (χ0) is 19.7. The number of piperidine rings is 1. The average Bonchev–Trinajstić information content (AvgIpc) is 3.25. The van der Waals surface area contributed by atoms with Crippen LogP contribution >= 0.6 is 0 Å². The molecule has 0 saturated carbocycles. The van der Waals surface area contributed by atoms with E-state index in [1.54, 1.807) is 13.1 Å². The summed E-state index contributed by atoms with van der Waals surface area (Å²) >= 11 is 0. The summed E-state index contributed by atoms with van der Waals surface area (Å²) in [6.45, 7) is 1.89. The summed E-state index contributed by atoms with van der Waals surface area (Å²) in [6.07, 6.45) is 5.11. The van der Waals surface area contributed by atoms with E-state index in [2.05, 4.69) is 31.1 Å². The molecule has 1 saturated heterocycles. The number of nitrogens with one attached hydrogen (secondary N) is 3. The molecule has 0 unspecified atom stereocenters. The first-order valence-electron chi connectivity index (χ1n) is 8.98. The first-order chi connectivity index (χ1) is 13.5. The second-order valence-electron chi connectivity index (χ2n) is 6.70. The number of rotatable bonds is 5. The Bertz CT molecular complexity index is 1030. The predicted octanol–water partition coefficient (Wildman–Crippen LogP) is -0.0221. The van der Waals surface area contributed by atoms with Gasteiger partial charge in [-0.1, -0.05) is 0 Å². The van der Waals surface area contributed by atoms with Gasteiger partial charge in [0.05, 0.1) is 11.9 Å². The van der Waals surface area contributed by atoms with E-state index >= 15 is 0 Å². The first-order valence-corrected chi connectivity index (χ1v) is 8.98. The number of hydrogen-bond acceptors (Lipinski definition) is 7. The molecule has 0 spiro atoms. The van der Waals surface area contributed by atoms with Gasteiger partial charge in [0, 0.05) is 25.8 Å². The van der Waals surface area contributed by atoms with Crippen molar-refractivity contribution in [2.24, 2.45) is 12.8 Å². The molecular formula is C17H21N9O2. The molecule has 0 aliphatic carbocycles. The summed E-state index contributed by atoms with van der Waals surface area (Å²) < 4.78 is 2.87. The minimum atomic E-state index is -0.722. The van der Waals surface area contributed by atoms with E-state index < -0.39 is 11.8 Å². The van der Waals surface area contributed by atoms with Gasteiger partial charge < -0.3 is 21.7 Å². The van der Waals surface area contributed by atoms with Crippen molar-refractivity contribution < 1.29 is 9.59 Å². The zero-order valence-electron chi connectivity index (χ0n) is 15.3. The van der Waals surface area contributed by atoms with Crippen molar-refractivity contribution in [3.05, 3.63) is 35.9 Å². The molecule has 0 radical (unpaired) electrons. The summed E-state index contributed by atoms with van der Waals surface area (Å²) in [6, 6.07) is 3.92. The molecule has 1 aliphatic rings. The van der Waals surface area contributed by atoms with Gasteiger partial charge in [0.15, 0.2) is 17.0 Å². The monoisotopic (exact) mass is 383 g/mol. The highest BCUT2D eigenvalue weighted by molar-refractivity contribution is 6.07. The SMILES string of the molecule is Cn1cc(NC(=O)c2cnc3ccc(N[C@@H]4CCCNC4)nn23)c(C(N)=O)n1. The zero-order valence-corrected chi connectivity index (χ0v) is 15.3. The number of fused-ring (bicyclic) bond motifs is 1. The van der Waals surface area contributed by atoms with Gasteiger partial charge in [-0.3, -0.25) is 14.3 Å². The van der Waals surface area contributed by atoms with Crippen LogP contribution in [0.25, 0.3) is 5.65 Å². The Morgan fingerprint density at radius 3 is 2.93 bits per heavy atom. The summed E-state index contributed by atoms with van der Waals surface area (Å²) in [5.74, 6) is -0.529. The quantitative estimate of drug-likeness (QED) is 0.484. The van der Waals surface area contributed by atoms with Crippen LogP contribution in [0.2, 0.25) is 0 Å². The number of anilines is 2. The number of carbonyl (C=O) groups is 2. The molecule has 4 heterocycles. The van der Waals surface area contributed by atoms with Gasteiger partial charge in [-0.15, -0.1) is 5.10 Å². The van der Waals surface area contributed by atoms with Crippen LogP contribution in [0.15, 0.2) is 24.5 Å². The van der Waals surface area contributed by atoms with E-state index in [-0.39, 0.29) is 23.1 Å². The standard InChI is InChI=1S/C17H21N9O2/c1-25-9-11(15(24-25)16(18)27)22-17(28)12-8-20-14-5-4-13(23-26(12)14)21-10-3-2-6-19-7-10/h4-5,8-10,19H,2-3,6-7H2,1H3,(H2,18,27)(H,21,23)(H,22,28)/t10-/m1/s1. The Hall–Kier alpha value is -3.47. The third-order valence-electron chi connectivity index (χ3n) is 4.55. The third-order valence-corrected chi connectivity index (χ3v) is 4.55. The number of amides is 2. The molecular weight excluding hydrogens is 362 g/mol. The van der Waals surface area contributed by atoms with Gasteiger partial charge >= 0.3 is 0 Å². The highest BCUT2D eigenvalue weighted by atomic mass is 16.2. The summed E-state index contributed by atoms with van der Waals surface area (Å²) in [5.41, 5.74) is 6.31. The minimum Gasteiger partial charge on any atom is -0.365 e. The van der Waals surface area contributed by atoms with Crippen molar-refractivity contribution in [3.63, 3.8) is 0 Å². The van der Waals surface area contributed by atoms with Gasteiger partial charge in [-0.25, -0.2) is 9.50 Å². The molecule has 1 aliphatic heterocycles. The van der Waals surface area contributed by atoms with Crippen LogP contribution in [-0.2, 0) is 7.05 Å². The van der Waals surface area contributed by atoms with Gasteiger partial charge in [0.2, 0.25) is 0 Å². The van der Waals surface area contributed by atoms with Crippen molar-refractivity contribution in [1.29, 1.82) is 0 Å². The van der Waals surface area contributed by atoms with E-state index in [9.17, 15) is 9.59 Å². The molecule has 1 atom stereocenters. The van der Waals surface area contributed by atoms with Crippen LogP contribution in [0.1, 0.15) is 33.8 Å². The van der Waals surface area contributed by atoms with Crippen LogP contribution in [0.5, 0.6) is 0 Å². The van der Waals surface area contributed by atoms with Gasteiger partial charge in [-0.2, -0.15) is 5.10 Å². The largest absolute Gasteiger partial charge is 0.365 e. The maximum absolute atomic E-state index is 12.7. The lowest BCUT2D eigenvalue weighted by atomic mass is 10.1. The highest BCUT2D eigenvalue weighted by Gasteiger charge is 2.20. The van der Waals surface area contributed by atoms with Crippen molar-refractivity contribution >= 4 is 29.0 Å². The van der Waals surface area contributed by atoms with E-state index in [1.807, 2.05) is 6.07 Å². The molecule has 146 valence electrons. The molecule has 5 N–H and O–H groups in total. The molecule has 3 aromatic heterocycles. The fourth-order valence-electron chi connectivity index (χ4n) is 3.24. The molecule has 4 rings (SSSR count). The van der Waals surface area contributed by atoms with E-state index in [1.165, 1.54) is 21.6 Å². The number of aryl methyl sites for hydroxylation is 1. The normalized spacial score (nSPS) is 16.8. The lowest BCUT2D eigenvalue weighted by Crippen LogP contribution is -2.38. The van der Waals surface area contributed by atoms with Crippen molar-refractivity contribution in [1.82, 2.24) is 29.7 Å². The number of primary amides is 1. The summed E-state index contributed by atoms with van der Waals surface area (Å²) in [4.78, 5) is 28.5. The minimum absolute atomic E-state index is 0.00946. The van der Waals surface area contributed by atoms with E-state index in [0.717, 1.165) is 25.9 Å². The number of imidazole rings is 1. The summed E-state index contributed by atoms with van der Waals surface area (Å²) in [7, 11) is 1.63. The van der Waals surface area contributed by atoms with Crippen LogP contribution in [-0.4, -0.2) is 55.3 Å². The average molecular weight is 383 g/mol. The third kappa shape index (κ3) is 3.51. The predicted molar refractivity (Wildman–Crippen MR) is 102 cm³/mol. The smallest absolute Gasteiger partial charge is 0.276 e. The van der Waals surface area contributed by atoms with Gasteiger partial charge in [-0.05, 0) is 31.5 Å². The number of nitrogens with two attached hydrogens (primary N) is 1. The molecule has 2 amide bonds. The van der Waals surface area contributed by atoms with Crippen molar-refractivity contribution in [3.8, 4) is 0 Å². The van der Waals surface area contributed by atoms with Crippen molar-refractivity contribution in [2.75, 3.05) is 23.7 Å². The van der Waals surface area contributed by atoms with Crippen LogP contribution in [0.4, 0.5) is 11.5 Å². The molecule has 28 heavy (non-hydrogen) atoms. The Morgan fingerprint density at radius 1 is 1.32 bits per heavy atom. The van der Waals surface area contributed by atoms with Gasteiger partial charge in [0.1, 0.15) is 5.82 Å². The number of nitrogens with zero attached hydrogens (tertiary/aromatic N) is 5. The molecule has 0 aromatic carbocycles. The molecule has 1 fully saturated rings. The van der Waals surface area contributed by atoms with Crippen LogP contribution in [0.3, 0.4) is 0 Å². The second kappa shape index (κ2) is 7.27. The highest BCUT2D eigenvalue weighted by Crippen LogP contribution is 2.16. The Labute approximate surface area is 160 Å². The lowest BCUT2D eigenvalue weighted by Gasteiger charge is -2.24. The van der Waals surface area contributed by atoms with E-state index in [0.29, 0.717) is 11.5 Å². The lowest BCUT2D eigenvalue weighted by molar-refractivity contribution is 0.0995. The second-order valence-corrected chi connectivity index (χ2v) is 6.70. The fourth-order valence-corrected chi connectivity index (χ4v) is 3.24. The van der Waals surface area contributed by atoms with Crippen LogP contribution in [0, 0.1) is 0 Å². The number of hydrogen-bond donors (Lipinski definition) is 4. The maximum Gasteiger partial charge on any atom is 0.276 e. The first kappa shape index (κ1) is 17.9. The molecule has 11 heteroatoms. The Kier molecular flexibility index (Phi) is 4.65. The molecule has 3 aromatic rings.